The van der Waals surface area contributed by atoms with E-state index in [-0.39, 0.29) is 0 Å². The second-order valence-electron chi connectivity index (χ2n) is 4.49. The topological polar surface area (TPSA) is 79.3 Å². The van der Waals surface area contributed by atoms with Gasteiger partial charge < -0.3 is 15.4 Å². The van der Waals surface area contributed by atoms with Crippen molar-refractivity contribution in [3.05, 3.63) is 53.6 Å². The van der Waals surface area contributed by atoms with Crippen molar-refractivity contribution in [1.29, 1.82) is 5.26 Å². The van der Waals surface area contributed by atoms with Gasteiger partial charge in [0.1, 0.15) is 0 Å². The number of nitriles is 1. The first kappa shape index (κ1) is 14.4. The Balaban J connectivity index is 2.37. The van der Waals surface area contributed by atoms with Crippen molar-refractivity contribution >= 4 is 23.0 Å². The molecule has 5 heteroatoms. The van der Waals surface area contributed by atoms with Gasteiger partial charge in [-0.1, -0.05) is 6.07 Å². The van der Waals surface area contributed by atoms with E-state index in [1.165, 1.54) is 7.11 Å². The van der Waals surface area contributed by atoms with Crippen LogP contribution in [0.3, 0.4) is 0 Å². The molecule has 2 aromatic carbocycles. The van der Waals surface area contributed by atoms with Gasteiger partial charge >= 0.3 is 5.97 Å². The van der Waals surface area contributed by atoms with Crippen molar-refractivity contribution in [2.45, 2.75) is 0 Å². The number of carbonyl (C=O) groups is 1. The third-order valence-corrected chi connectivity index (χ3v) is 3.17. The minimum absolute atomic E-state index is 0.401. The zero-order valence-corrected chi connectivity index (χ0v) is 11.8. The Morgan fingerprint density at radius 3 is 2.67 bits per heavy atom. The first-order chi connectivity index (χ1) is 10.1. The predicted molar refractivity (Wildman–Crippen MR) is 81.4 cm³/mol. The van der Waals surface area contributed by atoms with Crippen LogP contribution in [0.1, 0.15) is 15.9 Å². The quantitative estimate of drug-likeness (QED) is 0.691. The van der Waals surface area contributed by atoms with E-state index >= 15 is 0 Å². The Kier molecular flexibility index (Phi) is 4.10. The molecule has 0 spiro atoms. The van der Waals surface area contributed by atoms with E-state index < -0.39 is 5.97 Å². The molecule has 0 radical (unpaired) electrons. The summed E-state index contributed by atoms with van der Waals surface area (Å²) in [5.41, 5.74) is 9.03. The summed E-state index contributed by atoms with van der Waals surface area (Å²) in [6.45, 7) is 0. The molecule has 0 aliphatic rings. The summed E-state index contributed by atoms with van der Waals surface area (Å²) in [7, 11) is 3.17. The van der Waals surface area contributed by atoms with Gasteiger partial charge in [0.2, 0.25) is 0 Å². The number of hydrogen-bond donors (Lipinski definition) is 1. The summed E-state index contributed by atoms with van der Waals surface area (Å²) >= 11 is 0. The molecule has 0 aliphatic carbocycles. The Morgan fingerprint density at radius 1 is 1.29 bits per heavy atom. The van der Waals surface area contributed by atoms with Crippen LogP contribution in [0, 0.1) is 11.3 Å². The van der Waals surface area contributed by atoms with E-state index in [4.69, 9.17) is 11.0 Å². The van der Waals surface area contributed by atoms with Crippen LogP contribution in [0.25, 0.3) is 0 Å². The summed E-state index contributed by atoms with van der Waals surface area (Å²) in [4.78, 5) is 13.3. The van der Waals surface area contributed by atoms with Gasteiger partial charge in [-0.25, -0.2) is 4.79 Å². The van der Waals surface area contributed by atoms with E-state index in [2.05, 4.69) is 10.8 Å². The zero-order valence-electron chi connectivity index (χ0n) is 11.8. The lowest BCUT2D eigenvalue weighted by molar-refractivity contribution is 0.0601. The number of methoxy groups -OCH3 is 1. The lowest BCUT2D eigenvalue weighted by Crippen LogP contribution is -2.12. The molecule has 21 heavy (non-hydrogen) atoms. The van der Waals surface area contributed by atoms with E-state index in [9.17, 15) is 4.79 Å². The number of esters is 1. The lowest BCUT2D eigenvalue weighted by Gasteiger charge is -2.21. The summed E-state index contributed by atoms with van der Waals surface area (Å²) in [5, 5.41) is 8.95. The molecule has 0 saturated heterocycles. The fourth-order valence-corrected chi connectivity index (χ4v) is 2.03. The summed E-state index contributed by atoms with van der Waals surface area (Å²) in [6.07, 6.45) is 0. The normalized spacial score (nSPS) is 9.76. The van der Waals surface area contributed by atoms with Gasteiger partial charge in [0.05, 0.1) is 35.7 Å². The summed E-state index contributed by atoms with van der Waals surface area (Å²) in [6, 6.07) is 14.3. The van der Waals surface area contributed by atoms with Crippen LogP contribution in [0.15, 0.2) is 42.5 Å². The van der Waals surface area contributed by atoms with Crippen LogP contribution in [0.4, 0.5) is 17.1 Å². The highest BCUT2D eigenvalue weighted by Gasteiger charge is 2.12. The number of nitrogen functional groups attached to an aromatic ring is 1. The predicted octanol–water partition coefficient (Wildman–Crippen LogP) is 2.69. The van der Waals surface area contributed by atoms with E-state index in [1.807, 2.05) is 24.1 Å². The molecule has 0 bridgehead atoms. The number of anilines is 3. The maximum Gasteiger partial charge on any atom is 0.337 e. The largest absolute Gasteiger partial charge is 0.465 e. The van der Waals surface area contributed by atoms with E-state index in [1.54, 1.807) is 30.3 Å². The molecule has 0 saturated carbocycles. The molecule has 0 heterocycles. The number of carbonyl (C=O) groups excluding carboxylic acids is 1. The molecule has 106 valence electrons. The molecule has 0 amide bonds. The fraction of sp³-hybridized carbons (Fsp3) is 0.125. The Morgan fingerprint density at radius 2 is 2.05 bits per heavy atom. The van der Waals surface area contributed by atoms with Gasteiger partial charge in [0.25, 0.3) is 0 Å². The van der Waals surface area contributed by atoms with Crippen molar-refractivity contribution in [3.63, 3.8) is 0 Å². The number of nitrogens with two attached hydrogens (primary N) is 1. The van der Waals surface area contributed by atoms with Crippen LogP contribution in [-0.2, 0) is 4.74 Å². The van der Waals surface area contributed by atoms with Crippen LogP contribution in [-0.4, -0.2) is 20.1 Å². The third-order valence-electron chi connectivity index (χ3n) is 3.17. The molecule has 2 N–H and O–H groups in total. The smallest absolute Gasteiger partial charge is 0.337 e. The standard InChI is InChI=1S/C16H15N3O2/c1-19(13-5-3-4-11(8-13)10-17)15-7-6-12(9-14(15)18)16(20)21-2/h3-9H,18H2,1-2H3. The molecule has 0 atom stereocenters. The average Bonchev–Trinajstić information content (AvgIpc) is 2.53. The average molecular weight is 281 g/mol. The number of hydrogen-bond acceptors (Lipinski definition) is 5. The zero-order chi connectivity index (χ0) is 15.4. The maximum absolute atomic E-state index is 11.5. The van der Waals surface area contributed by atoms with Crippen LogP contribution in [0.5, 0.6) is 0 Å². The van der Waals surface area contributed by atoms with Gasteiger partial charge in [0, 0.05) is 12.7 Å². The van der Waals surface area contributed by atoms with Crippen LogP contribution >= 0.6 is 0 Å². The molecule has 5 nitrogen and oxygen atoms in total. The van der Waals surface area contributed by atoms with Gasteiger partial charge in [0.15, 0.2) is 0 Å². The van der Waals surface area contributed by atoms with Crippen molar-refractivity contribution in [1.82, 2.24) is 0 Å². The lowest BCUT2D eigenvalue weighted by atomic mass is 10.1. The van der Waals surface area contributed by atoms with Gasteiger partial charge in [-0.3, -0.25) is 0 Å². The number of nitrogens with zero attached hydrogens (tertiary/aromatic N) is 2. The SMILES string of the molecule is COC(=O)c1ccc(N(C)c2cccc(C#N)c2)c(N)c1. The number of rotatable bonds is 3. The second-order valence-corrected chi connectivity index (χ2v) is 4.49. The Bertz CT molecular complexity index is 720. The second kappa shape index (κ2) is 5.97. The minimum Gasteiger partial charge on any atom is -0.465 e. The molecule has 0 fully saturated rings. The van der Waals surface area contributed by atoms with Crippen molar-refractivity contribution < 1.29 is 9.53 Å². The molecule has 0 unspecified atom stereocenters. The highest BCUT2D eigenvalue weighted by Crippen LogP contribution is 2.30. The highest BCUT2D eigenvalue weighted by molar-refractivity contribution is 5.92. The van der Waals surface area contributed by atoms with Crippen molar-refractivity contribution in [2.75, 3.05) is 24.8 Å². The molecular formula is C16H15N3O2. The number of ether oxygens (including phenoxy) is 1. The molecule has 0 aliphatic heterocycles. The van der Waals surface area contributed by atoms with Crippen LogP contribution in [0.2, 0.25) is 0 Å². The fourth-order valence-electron chi connectivity index (χ4n) is 2.03. The van der Waals surface area contributed by atoms with Crippen molar-refractivity contribution in [2.24, 2.45) is 0 Å². The molecule has 2 rings (SSSR count). The number of benzene rings is 2. The van der Waals surface area contributed by atoms with Gasteiger partial charge in [-0.05, 0) is 36.4 Å². The summed E-state index contributed by atoms with van der Waals surface area (Å²) in [5.74, 6) is -0.428. The Labute approximate surface area is 123 Å². The van der Waals surface area contributed by atoms with E-state index in [0.717, 1.165) is 11.4 Å². The first-order valence-electron chi connectivity index (χ1n) is 6.28. The minimum atomic E-state index is -0.428. The summed E-state index contributed by atoms with van der Waals surface area (Å²) < 4.78 is 4.66. The molecule has 0 aromatic heterocycles. The molecule has 2 aromatic rings. The Hall–Kier alpha value is -3.00. The third kappa shape index (κ3) is 2.95. The van der Waals surface area contributed by atoms with Crippen molar-refractivity contribution in [3.8, 4) is 6.07 Å². The van der Waals surface area contributed by atoms with Gasteiger partial charge in [-0.15, -0.1) is 0 Å². The van der Waals surface area contributed by atoms with Gasteiger partial charge in [-0.2, -0.15) is 5.26 Å². The highest BCUT2D eigenvalue weighted by atomic mass is 16.5. The van der Waals surface area contributed by atoms with E-state index in [0.29, 0.717) is 16.8 Å². The maximum atomic E-state index is 11.5. The monoisotopic (exact) mass is 281 g/mol. The molecular weight excluding hydrogens is 266 g/mol. The first-order valence-corrected chi connectivity index (χ1v) is 6.28. The van der Waals surface area contributed by atoms with Crippen LogP contribution < -0.4 is 10.6 Å².